The molecule has 2 amide bonds. The highest BCUT2D eigenvalue weighted by molar-refractivity contribution is 8.00. The number of nitrogens with one attached hydrogen (secondary N) is 1. The van der Waals surface area contributed by atoms with Crippen molar-refractivity contribution in [2.75, 3.05) is 36.7 Å². The van der Waals surface area contributed by atoms with Crippen molar-refractivity contribution in [3.05, 3.63) is 34.7 Å². The molecule has 148 valence electrons. The summed E-state index contributed by atoms with van der Waals surface area (Å²) in [5.74, 6) is 0.732. The largest absolute Gasteiger partial charge is 0.497 e. The molecule has 2 heterocycles. The number of anilines is 2. The molecule has 0 bridgehead atoms. The SMILES string of the molecule is CCN1C(=O)CSc2cnn(CC(=O)Nc3cc(OC)cc(OC)c3)c(=O)c21. The van der Waals surface area contributed by atoms with E-state index in [1.54, 1.807) is 25.1 Å². The van der Waals surface area contributed by atoms with E-state index in [1.807, 2.05) is 0 Å². The van der Waals surface area contributed by atoms with Crippen molar-refractivity contribution < 1.29 is 19.1 Å². The quantitative estimate of drug-likeness (QED) is 0.775. The lowest BCUT2D eigenvalue weighted by Crippen LogP contribution is -2.42. The van der Waals surface area contributed by atoms with Crippen molar-refractivity contribution in [2.45, 2.75) is 18.4 Å². The number of ether oxygens (including phenoxy) is 2. The number of rotatable bonds is 6. The molecule has 1 aliphatic heterocycles. The van der Waals surface area contributed by atoms with Crippen LogP contribution in [-0.4, -0.2) is 48.1 Å². The number of nitrogens with zero attached hydrogens (tertiary/aromatic N) is 3. The molecule has 28 heavy (non-hydrogen) atoms. The molecule has 1 aromatic heterocycles. The van der Waals surface area contributed by atoms with Gasteiger partial charge in [-0.3, -0.25) is 14.4 Å². The van der Waals surface area contributed by atoms with Gasteiger partial charge in [-0.05, 0) is 6.92 Å². The van der Waals surface area contributed by atoms with Crippen molar-refractivity contribution in [2.24, 2.45) is 0 Å². The van der Waals surface area contributed by atoms with Crippen molar-refractivity contribution in [1.82, 2.24) is 9.78 Å². The van der Waals surface area contributed by atoms with Crippen LogP contribution in [0.2, 0.25) is 0 Å². The van der Waals surface area contributed by atoms with E-state index >= 15 is 0 Å². The van der Waals surface area contributed by atoms with Crippen LogP contribution in [0.15, 0.2) is 34.1 Å². The third-order valence-corrected chi connectivity index (χ3v) is 5.15. The van der Waals surface area contributed by atoms with E-state index in [1.165, 1.54) is 37.1 Å². The number of carbonyl (C=O) groups is 2. The molecule has 0 saturated carbocycles. The number of fused-ring (bicyclic) bond motifs is 1. The van der Waals surface area contributed by atoms with Crippen LogP contribution in [0, 0.1) is 0 Å². The second-order valence-corrected chi connectivity index (χ2v) is 6.91. The zero-order valence-corrected chi connectivity index (χ0v) is 16.5. The summed E-state index contributed by atoms with van der Waals surface area (Å²) < 4.78 is 11.4. The van der Waals surface area contributed by atoms with Gasteiger partial charge in [0.05, 0.1) is 31.1 Å². The maximum absolute atomic E-state index is 12.8. The molecule has 0 aliphatic carbocycles. The van der Waals surface area contributed by atoms with E-state index in [4.69, 9.17) is 9.47 Å². The number of methoxy groups -OCH3 is 2. The monoisotopic (exact) mass is 404 g/mol. The zero-order valence-electron chi connectivity index (χ0n) is 15.7. The van der Waals surface area contributed by atoms with Crippen molar-refractivity contribution in [3.8, 4) is 11.5 Å². The zero-order chi connectivity index (χ0) is 20.3. The molecular formula is C18H20N4O5S. The van der Waals surface area contributed by atoms with E-state index in [2.05, 4.69) is 10.4 Å². The predicted molar refractivity (Wildman–Crippen MR) is 105 cm³/mol. The minimum atomic E-state index is -0.474. The van der Waals surface area contributed by atoms with E-state index in [9.17, 15) is 14.4 Å². The molecule has 0 spiro atoms. The molecule has 1 aliphatic rings. The first-order valence-electron chi connectivity index (χ1n) is 8.53. The van der Waals surface area contributed by atoms with Gasteiger partial charge in [-0.1, -0.05) is 0 Å². The Morgan fingerprint density at radius 1 is 1.21 bits per heavy atom. The van der Waals surface area contributed by atoms with Crippen LogP contribution in [0.1, 0.15) is 6.92 Å². The number of aromatic nitrogens is 2. The average molecular weight is 404 g/mol. The second kappa shape index (κ2) is 8.34. The molecule has 0 saturated heterocycles. The summed E-state index contributed by atoms with van der Waals surface area (Å²) in [6.45, 7) is 1.88. The number of hydrogen-bond donors (Lipinski definition) is 1. The first kappa shape index (κ1) is 19.7. The Labute approximate surface area is 165 Å². The van der Waals surface area contributed by atoms with Crippen LogP contribution in [0.4, 0.5) is 11.4 Å². The fourth-order valence-electron chi connectivity index (χ4n) is 2.82. The molecule has 10 heteroatoms. The van der Waals surface area contributed by atoms with Crippen molar-refractivity contribution in [3.63, 3.8) is 0 Å². The molecule has 2 aromatic rings. The predicted octanol–water partition coefficient (Wildman–Crippen LogP) is 1.36. The number of amides is 2. The van der Waals surface area contributed by atoms with Crippen LogP contribution in [-0.2, 0) is 16.1 Å². The van der Waals surface area contributed by atoms with E-state index < -0.39 is 11.5 Å². The minimum Gasteiger partial charge on any atom is -0.497 e. The molecule has 0 unspecified atom stereocenters. The van der Waals surface area contributed by atoms with Gasteiger partial charge in [-0.15, -0.1) is 11.8 Å². The third-order valence-electron chi connectivity index (χ3n) is 4.15. The molecule has 3 rings (SSSR count). The van der Waals surface area contributed by atoms with Crippen molar-refractivity contribution >= 4 is 35.0 Å². The van der Waals surface area contributed by atoms with Crippen LogP contribution in [0.5, 0.6) is 11.5 Å². The molecule has 0 fully saturated rings. The number of benzene rings is 1. The standard InChI is InChI=1S/C18H20N4O5S/c1-4-21-16(24)10-28-14-8-19-22(18(25)17(14)21)9-15(23)20-11-5-12(26-2)7-13(6-11)27-3/h5-8H,4,9-10H2,1-3H3,(H,20,23). The first-order chi connectivity index (χ1) is 13.5. The maximum atomic E-state index is 12.8. The van der Waals surface area contributed by atoms with Gasteiger partial charge in [-0.25, -0.2) is 4.68 Å². The summed E-state index contributed by atoms with van der Waals surface area (Å²) in [5, 5.41) is 6.77. The summed E-state index contributed by atoms with van der Waals surface area (Å²) in [4.78, 5) is 39.4. The van der Waals surface area contributed by atoms with Gasteiger partial charge in [0.15, 0.2) is 0 Å². The third kappa shape index (κ3) is 3.96. The van der Waals surface area contributed by atoms with E-state index in [-0.39, 0.29) is 23.9 Å². The first-order valence-corrected chi connectivity index (χ1v) is 9.51. The molecule has 0 atom stereocenters. The van der Waals surface area contributed by atoms with Crippen molar-refractivity contribution in [1.29, 1.82) is 0 Å². The van der Waals surface area contributed by atoms with Gasteiger partial charge in [0.1, 0.15) is 23.7 Å². The molecule has 1 aromatic carbocycles. The van der Waals surface area contributed by atoms with Crippen LogP contribution < -0.4 is 25.2 Å². The topological polar surface area (TPSA) is 103 Å². The van der Waals surface area contributed by atoms with Gasteiger partial charge < -0.3 is 19.7 Å². The number of thioether (sulfide) groups is 1. The van der Waals surface area contributed by atoms with Gasteiger partial charge in [-0.2, -0.15) is 5.10 Å². The highest BCUT2D eigenvalue weighted by atomic mass is 32.2. The van der Waals surface area contributed by atoms with Crippen LogP contribution >= 0.6 is 11.8 Å². The Hall–Kier alpha value is -3.01. The van der Waals surface area contributed by atoms with Gasteiger partial charge in [0.2, 0.25) is 11.8 Å². The highest BCUT2D eigenvalue weighted by Gasteiger charge is 2.28. The Morgan fingerprint density at radius 2 is 1.89 bits per heavy atom. The van der Waals surface area contributed by atoms with Crippen LogP contribution in [0.3, 0.4) is 0 Å². The minimum absolute atomic E-state index is 0.136. The normalized spacial score (nSPS) is 13.1. The number of hydrogen-bond acceptors (Lipinski definition) is 7. The summed E-state index contributed by atoms with van der Waals surface area (Å²) in [5.41, 5.74) is 0.265. The fourth-order valence-corrected chi connectivity index (χ4v) is 3.71. The smallest absolute Gasteiger partial charge is 0.292 e. The van der Waals surface area contributed by atoms with Gasteiger partial charge in [0, 0.05) is 30.4 Å². The summed E-state index contributed by atoms with van der Waals surface area (Å²) >= 11 is 1.27. The Bertz CT molecular complexity index is 953. The summed E-state index contributed by atoms with van der Waals surface area (Å²) in [6.07, 6.45) is 1.51. The maximum Gasteiger partial charge on any atom is 0.292 e. The lowest BCUT2D eigenvalue weighted by Gasteiger charge is -2.26. The second-order valence-electron chi connectivity index (χ2n) is 5.90. The summed E-state index contributed by atoms with van der Waals surface area (Å²) in [7, 11) is 3.02. The molecular weight excluding hydrogens is 384 g/mol. The van der Waals surface area contributed by atoms with E-state index in [0.29, 0.717) is 28.6 Å². The molecule has 9 nitrogen and oxygen atoms in total. The average Bonchev–Trinajstić information content (AvgIpc) is 2.69. The van der Waals surface area contributed by atoms with Crippen LogP contribution in [0.25, 0.3) is 0 Å². The van der Waals surface area contributed by atoms with Gasteiger partial charge >= 0.3 is 0 Å². The van der Waals surface area contributed by atoms with Gasteiger partial charge in [0.25, 0.3) is 5.56 Å². The molecule has 1 N–H and O–H groups in total. The Balaban J connectivity index is 1.83. The van der Waals surface area contributed by atoms with E-state index in [0.717, 1.165) is 4.68 Å². The Kier molecular flexibility index (Phi) is 5.88. The summed E-state index contributed by atoms with van der Waals surface area (Å²) in [6, 6.07) is 4.95. The highest BCUT2D eigenvalue weighted by Crippen LogP contribution is 2.31. The lowest BCUT2D eigenvalue weighted by molar-refractivity contribution is -0.117. The Morgan fingerprint density at radius 3 is 2.50 bits per heavy atom. The molecule has 0 radical (unpaired) electrons. The lowest BCUT2D eigenvalue weighted by atomic mass is 10.2. The number of carbonyl (C=O) groups excluding carboxylic acids is 2. The fraction of sp³-hybridized carbons (Fsp3) is 0.333.